The molecule has 0 saturated heterocycles. The highest BCUT2D eigenvalue weighted by atomic mass is 15.2. The number of nitrogens with two attached hydrogens (primary N) is 1. The smallest absolute Gasteiger partial charge is 0.149 e. The van der Waals surface area contributed by atoms with E-state index in [4.69, 9.17) is 5.73 Å². The maximum Gasteiger partial charge on any atom is 0.149 e. The summed E-state index contributed by atoms with van der Waals surface area (Å²) >= 11 is 0. The summed E-state index contributed by atoms with van der Waals surface area (Å²) in [5, 5.41) is 6.99. The van der Waals surface area contributed by atoms with Crippen molar-refractivity contribution in [1.82, 2.24) is 15.2 Å². The summed E-state index contributed by atoms with van der Waals surface area (Å²) in [4.78, 5) is 4.16. The third-order valence-corrected chi connectivity index (χ3v) is 2.44. The second kappa shape index (κ2) is 3.73. The van der Waals surface area contributed by atoms with Crippen LogP contribution in [0.15, 0.2) is 18.3 Å². The molecule has 4 nitrogen and oxygen atoms in total. The minimum Gasteiger partial charge on any atom is -0.382 e. The lowest BCUT2D eigenvalue weighted by molar-refractivity contribution is 1.10. The summed E-state index contributed by atoms with van der Waals surface area (Å²) in [5.74, 6) is 0.585. The number of nitrogen functional groups attached to an aromatic ring is 1. The molecule has 0 amide bonds. The van der Waals surface area contributed by atoms with Crippen molar-refractivity contribution in [2.45, 2.75) is 20.3 Å². The van der Waals surface area contributed by atoms with Crippen molar-refractivity contribution in [3.05, 3.63) is 29.6 Å². The molecule has 0 saturated carbocycles. The van der Waals surface area contributed by atoms with Crippen LogP contribution in [-0.4, -0.2) is 15.2 Å². The van der Waals surface area contributed by atoms with Crippen LogP contribution in [0.5, 0.6) is 0 Å². The molecule has 0 fully saturated rings. The van der Waals surface area contributed by atoms with Crippen LogP contribution in [0.3, 0.4) is 0 Å². The molecular weight excluding hydrogens is 188 g/mol. The van der Waals surface area contributed by atoms with Crippen LogP contribution in [0.4, 0.5) is 5.82 Å². The van der Waals surface area contributed by atoms with E-state index in [1.54, 1.807) is 6.20 Å². The van der Waals surface area contributed by atoms with Gasteiger partial charge < -0.3 is 5.73 Å². The average Bonchev–Trinajstić information content (AvgIpc) is 2.59. The zero-order valence-electron chi connectivity index (χ0n) is 8.91. The van der Waals surface area contributed by atoms with Crippen molar-refractivity contribution in [3.63, 3.8) is 0 Å². The molecule has 0 radical (unpaired) electrons. The molecule has 2 rings (SSSR count). The summed E-state index contributed by atoms with van der Waals surface area (Å²) in [5.41, 5.74) is 9.92. The lowest BCUT2D eigenvalue weighted by Gasteiger charge is -2.02. The molecule has 0 bridgehead atoms. The molecule has 15 heavy (non-hydrogen) atoms. The molecule has 0 aliphatic heterocycles. The first kappa shape index (κ1) is 9.71. The summed E-state index contributed by atoms with van der Waals surface area (Å²) in [6, 6.07) is 3.98. The summed E-state index contributed by atoms with van der Waals surface area (Å²) in [6.07, 6.45) is 2.67. The van der Waals surface area contributed by atoms with E-state index < -0.39 is 0 Å². The van der Waals surface area contributed by atoms with Crippen LogP contribution in [-0.2, 0) is 6.42 Å². The molecule has 2 heterocycles. The fraction of sp³-hybridized carbons (Fsp3) is 0.273. The van der Waals surface area contributed by atoms with Crippen molar-refractivity contribution in [1.29, 1.82) is 0 Å². The van der Waals surface area contributed by atoms with E-state index in [1.165, 1.54) is 0 Å². The number of hydrogen-bond acceptors (Lipinski definition) is 3. The second-order valence-electron chi connectivity index (χ2n) is 3.50. The minimum atomic E-state index is 0.585. The third kappa shape index (κ3) is 1.70. The first-order chi connectivity index (χ1) is 7.22. The molecule has 3 N–H and O–H groups in total. The maximum absolute atomic E-state index is 5.77. The number of nitrogens with one attached hydrogen (secondary N) is 1. The number of aromatic nitrogens is 3. The first-order valence-corrected chi connectivity index (χ1v) is 4.98. The SMILES string of the molecule is CCc1c(N)n[nH]c1-c1ccnc(C)c1. The molecule has 0 aromatic carbocycles. The highest BCUT2D eigenvalue weighted by Gasteiger charge is 2.10. The van der Waals surface area contributed by atoms with Crippen LogP contribution < -0.4 is 5.73 Å². The fourth-order valence-corrected chi connectivity index (χ4v) is 1.68. The van der Waals surface area contributed by atoms with Gasteiger partial charge in [-0.1, -0.05) is 6.92 Å². The lowest BCUT2D eigenvalue weighted by atomic mass is 10.1. The van der Waals surface area contributed by atoms with Gasteiger partial charge in [0.1, 0.15) is 5.82 Å². The van der Waals surface area contributed by atoms with Gasteiger partial charge in [-0.2, -0.15) is 5.10 Å². The van der Waals surface area contributed by atoms with Crippen molar-refractivity contribution < 1.29 is 0 Å². The number of H-pyrrole nitrogens is 1. The summed E-state index contributed by atoms with van der Waals surface area (Å²) in [7, 11) is 0. The molecule has 4 heteroatoms. The Morgan fingerprint density at radius 2 is 2.27 bits per heavy atom. The molecule has 2 aromatic heterocycles. The van der Waals surface area contributed by atoms with Gasteiger partial charge in [0.05, 0.1) is 5.69 Å². The summed E-state index contributed by atoms with van der Waals surface area (Å²) < 4.78 is 0. The van der Waals surface area contributed by atoms with Gasteiger partial charge in [-0.05, 0) is 25.5 Å². The van der Waals surface area contributed by atoms with Crippen LogP contribution in [0.2, 0.25) is 0 Å². The summed E-state index contributed by atoms with van der Waals surface area (Å²) in [6.45, 7) is 4.04. The molecule has 78 valence electrons. The molecule has 2 aromatic rings. The van der Waals surface area contributed by atoms with E-state index in [1.807, 2.05) is 19.1 Å². The Hall–Kier alpha value is -1.84. The minimum absolute atomic E-state index is 0.585. The maximum atomic E-state index is 5.77. The van der Waals surface area contributed by atoms with Gasteiger partial charge in [0.2, 0.25) is 0 Å². The van der Waals surface area contributed by atoms with Gasteiger partial charge in [0, 0.05) is 23.0 Å². The molecule has 0 unspecified atom stereocenters. The highest BCUT2D eigenvalue weighted by molar-refractivity contribution is 5.67. The average molecular weight is 202 g/mol. The van der Waals surface area contributed by atoms with Crippen molar-refractivity contribution in [2.24, 2.45) is 0 Å². The van der Waals surface area contributed by atoms with Gasteiger partial charge >= 0.3 is 0 Å². The number of pyridine rings is 1. The molecule has 0 spiro atoms. The normalized spacial score (nSPS) is 10.5. The largest absolute Gasteiger partial charge is 0.382 e. The highest BCUT2D eigenvalue weighted by Crippen LogP contribution is 2.25. The predicted molar refractivity (Wildman–Crippen MR) is 60.3 cm³/mol. The number of nitrogens with zero attached hydrogens (tertiary/aromatic N) is 2. The number of aromatic amines is 1. The van der Waals surface area contributed by atoms with E-state index >= 15 is 0 Å². The number of anilines is 1. The third-order valence-electron chi connectivity index (χ3n) is 2.44. The zero-order chi connectivity index (χ0) is 10.8. The Kier molecular flexibility index (Phi) is 2.41. The lowest BCUT2D eigenvalue weighted by Crippen LogP contribution is -1.91. The standard InChI is InChI=1S/C11H14N4/c1-3-9-10(14-15-11(9)12)8-4-5-13-7(2)6-8/h4-6H,3H2,1-2H3,(H3,12,14,15). The second-order valence-corrected chi connectivity index (χ2v) is 3.50. The van der Waals surface area contributed by atoms with E-state index in [0.717, 1.165) is 28.9 Å². The molecule has 0 atom stereocenters. The number of rotatable bonds is 2. The van der Waals surface area contributed by atoms with Gasteiger partial charge in [-0.15, -0.1) is 0 Å². The Balaban J connectivity index is 2.54. The van der Waals surface area contributed by atoms with Gasteiger partial charge in [0.15, 0.2) is 0 Å². The van der Waals surface area contributed by atoms with E-state index in [2.05, 4.69) is 22.1 Å². The van der Waals surface area contributed by atoms with Crippen LogP contribution in [0.25, 0.3) is 11.3 Å². The Morgan fingerprint density at radius 1 is 1.47 bits per heavy atom. The fourth-order valence-electron chi connectivity index (χ4n) is 1.68. The van der Waals surface area contributed by atoms with Crippen molar-refractivity contribution >= 4 is 5.82 Å². The van der Waals surface area contributed by atoms with Crippen LogP contribution >= 0.6 is 0 Å². The quantitative estimate of drug-likeness (QED) is 0.781. The van der Waals surface area contributed by atoms with E-state index in [9.17, 15) is 0 Å². The van der Waals surface area contributed by atoms with Crippen LogP contribution in [0, 0.1) is 6.92 Å². The molecular formula is C11H14N4. The topological polar surface area (TPSA) is 67.6 Å². The molecule has 0 aliphatic rings. The van der Waals surface area contributed by atoms with E-state index in [0.29, 0.717) is 5.82 Å². The Morgan fingerprint density at radius 3 is 2.93 bits per heavy atom. The molecule has 0 aliphatic carbocycles. The number of aryl methyl sites for hydroxylation is 1. The number of hydrogen-bond donors (Lipinski definition) is 2. The Labute approximate surface area is 88.5 Å². The van der Waals surface area contributed by atoms with Crippen molar-refractivity contribution in [2.75, 3.05) is 5.73 Å². The van der Waals surface area contributed by atoms with E-state index in [-0.39, 0.29) is 0 Å². The van der Waals surface area contributed by atoms with Gasteiger partial charge in [-0.3, -0.25) is 10.1 Å². The predicted octanol–water partition coefficient (Wildman–Crippen LogP) is 1.92. The van der Waals surface area contributed by atoms with Gasteiger partial charge in [0.25, 0.3) is 0 Å². The Bertz CT molecular complexity index is 473. The van der Waals surface area contributed by atoms with Crippen LogP contribution in [0.1, 0.15) is 18.2 Å². The zero-order valence-corrected chi connectivity index (χ0v) is 8.91. The first-order valence-electron chi connectivity index (χ1n) is 4.98. The van der Waals surface area contributed by atoms with Crippen molar-refractivity contribution in [3.8, 4) is 11.3 Å². The monoisotopic (exact) mass is 202 g/mol. The van der Waals surface area contributed by atoms with Gasteiger partial charge in [-0.25, -0.2) is 0 Å².